The zero-order valence-corrected chi connectivity index (χ0v) is 17.7. The Labute approximate surface area is 177 Å². The number of aromatic nitrogens is 2. The Hall–Kier alpha value is -2.22. The molecule has 0 amide bonds. The van der Waals surface area contributed by atoms with Crippen molar-refractivity contribution in [2.45, 2.75) is 26.3 Å². The van der Waals surface area contributed by atoms with Gasteiger partial charge < -0.3 is 9.72 Å². The summed E-state index contributed by atoms with van der Waals surface area (Å²) in [6.07, 6.45) is 1.53. The summed E-state index contributed by atoms with van der Waals surface area (Å²) in [6.45, 7) is 4.37. The van der Waals surface area contributed by atoms with Crippen LogP contribution in [0.3, 0.4) is 0 Å². The highest BCUT2D eigenvalue weighted by molar-refractivity contribution is 7.17. The number of halogens is 1. The number of nitrogens with one attached hydrogen (secondary N) is 1. The van der Waals surface area contributed by atoms with Crippen LogP contribution in [-0.2, 0) is 16.1 Å². The number of likely N-dealkylation sites (tertiary alicyclic amines) is 1. The number of benzene rings is 1. The second-order valence-corrected chi connectivity index (χ2v) is 8.45. The van der Waals surface area contributed by atoms with Gasteiger partial charge in [-0.1, -0.05) is 23.7 Å². The summed E-state index contributed by atoms with van der Waals surface area (Å²) in [5.74, 6) is 0.516. The number of thiophene rings is 1. The number of carbonyl (C=O) groups is 1. The van der Waals surface area contributed by atoms with E-state index in [4.69, 9.17) is 16.3 Å². The molecular weight excluding hydrogens is 410 g/mol. The van der Waals surface area contributed by atoms with Crippen LogP contribution in [0, 0.1) is 5.92 Å². The van der Waals surface area contributed by atoms with Gasteiger partial charge >= 0.3 is 5.97 Å². The van der Waals surface area contributed by atoms with E-state index in [-0.39, 0.29) is 17.4 Å². The van der Waals surface area contributed by atoms with Crippen LogP contribution in [0.1, 0.15) is 25.6 Å². The first-order valence-corrected chi connectivity index (χ1v) is 11.0. The maximum absolute atomic E-state index is 12.8. The molecule has 1 N–H and O–H groups in total. The first-order chi connectivity index (χ1) is 14.0. The fraction of sp³-hybridized carbons (Fsp3) is 0.381. The molecule has 0 aliphatic carbocycles. The minimum Gasteiger partial charge on any atom is -0.466 e. The lowest BCUT2D eigenvalue weighted by molar-refractivity contribution is -0.149. The van der Waals surface area contributed by atoms with E-state index in [2.05, 4.69) is 14.9 Å². The molecule has 29 heavy (non-hydrogen) atoms. The number of fused-ring (bicyclic) bond motifs is 1. The lowest BCUT2D eigenvalue weighted by Gasteiger charge is -2.30. The molecule has 1 aromatic carbocycles. The molecule has 0 atom stereocenters. The second-order valence-electron chi connectivity index (χ2n) is 7.15. The SMILES string of the molecule is CCOC(=O)C1CCN(Cc2nc3scc(-c4cccc(Cl)c4)c3c(=O)[nH]2)CC1. The van der Waals surface area contributed by atoms with Crippen LogP contribution in [0.4, 0.5) is 0 Å². The number of ether oxygens (including phenoxy) is 1. The van der Waals surface area contributed by atoms with Gasteiger partial charge in [0.15, 0.2) is 0 Å². The summed E-state index contributed by atoms with van der Waals surface area (Å²) in [7, 11) is 0. The van der Waals surface area contributed by atoms with E-state index in [9.17, 15) is 9.59 Å². The van der Waals surface area contributed by atoms with Gasteiger partial charge in [-0.15, -0.1) is 11.3 Å². The third-order valence-corrected chi connectivity index (χ3v) is 6.32. The van der Waals surface area contributed by atoms with Crippen molar-refractivity contribution in [1.29, 1.82) is 0 Å². The molecule has 0 bridgehead atoms. The molecule has 1 aliphatic heterocycles. The lowest BCUT2D eigenvalue weighted by Crippen LogP contribution is -2.37. The average molecular weight is 432 g/mol. The Balaban J connectivity index is 1.51. The lowest BCUT2D eigenvalue weighted by atomic mass is 9.97. The first kappa shape index (κ1) is 20.1. The first-order valence-electron chi connectivity index (χ1n) is 9.70. The number of rotatable bonds is 5. The predicted octanol–water partition coefficient (Wildman–Crippen LogP) is 4.08. The van der Waals surface area contributed by atoms with Crippen LogP contribution in [-0.4, -0.2) is 40.5 Å². The molecule has 0 radical (unpaired) electrons. The van der Waals surface area contributed by atoms with Gasteiger partial charge in [0.25, 0.3) is 5.56 Å². The van der Waals surface area contributed by atoms with Crippen molar-refractivity contribution in [3.05, 3.63) is 50.8 Å². The molecule has 1 aliphatic rings. The summed E-state index contributed by atoms with van der Waals surface area (Å²) in [6, 6.07) is 7.47. The monoisotopic (exact) mass is 431 g/mol. The van der Waals surface area contributed by atoms with E-state index in [1.54, 1.807) is 0 Å². The Morgan fingerprint density at radius 1 is 1.38 bits per heavy atom. The minimum atomic E-state index is -0.136. The Morgan fingerprint density at radius 3 is 2.90 bits per heavy atom. The van der Waals surface area contributed by atoms with Crippen LogP contribution in [0.15, 0.2) is 34.4 Å². The van der Waals surface area contributed by atoms with Crippen molar-refractivity contribution in [3.63, 3.8) is 0 Å². The van der Waals surface area contributed by atoms with Crippen molar-refractivity contribution in [2.24, 2.45) is 5.92 Å². The van der Waals surface area contributed by atoms with E-state index in [0.29, 0.717) is 29.4 Å². The number of carbonyl (C=O) groups excluding carboxylic acids is 1. The molecule has 8 heteroatoms. The van der Waals surface area contributed by atoms with Crippen LogP contribution in [0.5, 0.6) is 0 Å². The van der Waals surface area contributed by atoms with E-state index in [1.165, 1.54) is 11.3 Å². The Bertz CT molecular complexity index is 1090. The molecule has 3 heterocycles. The molecule has 1 fully saturated rings. The van der Waals surface area contributed by atoms with Crippen molar-refractivity contribution < 1.29 is 9.53 Å². The topological polar surface area (TPSA) is 75.3 Å². The Kier molecular flexibility index (Phi) is 5.99. The molecule has 0 unspecified atom stereocenters. The van der Waals surface area contributed by atoms with Crippen molar-refractivity contribution >= 4 is 39.1 Å². The molecular formula is C21H22ClN3O3S. The van der Waals surface area contributed by atoms with E-state index >= 15 is 0 Å². The summed E-state index contributed by atoms with van der Waals surface area (Å²) in [5, 5.41) is 3.18. The van der Waals surface area contributed by atoms with Crippen molar-refractivity contribution in [2.75, 3.05) is 19.7 Å². The highest BCUT2D eigenvalue weighted by Crippen LogP contribution is 2.32. The quantitative estimate of drug-likeness (QED) is 0.616. The molecule has 3 aromatic rings. The highest BCUT2D eigenvalue weighted by Gasteiger charge is 2.26. The third-order valence-electron chi connectivity index (χ3n) is 5.21. The number of aromatic amines is 1. The summed E-state index contributed by atoms with van der Waals surface area (Å²) >= 11 is 7.56. The van der Waals surface area contributed by atoms with Crippen LogP contribution >= 0.6 is 22.9 Å². The van der Waals surface area contributed by atoms with Gasteiger partial charge in [0.05, 0.1) is 24.5 Å². The number of nitrogens with zero attached hydrogens (tertiary/aromatic N) is 2. The minimum absolute atomic E-state index is 0.0294. The van der Waals surface area contributed by atoms with Gasteiger partial charge in [0.2, 0.25) is 0 Å². The molecule has 4 rings (SSSR count). The van der Waals surface area contributed by atoms with Crippen molar-refractivity contribution in [3.8, 4) is 11.1 Å². The van der Waals surface area contributed by atoms with Crippen LogP contribution < -0.4 is 5.56 Å². The smallest absolute Gasteiger partial charge is 0.309 e. The molecule has 2 aromatic heterocycles. The van der Waals surface area contributed by atoms with Crippen molar-refractivity contribution in [1.82, 2.24) is 14.9 Å². The fourth-order valence-corrected chi connectivity index (χ4v) is 4.89. The zero-order chi connectivity index (χ0) is 20.4. The van der Waals surface area contributed by atoms with E-state index in [0.717, 1.165) is 41.9 Å². The largest absolute Gasteiger partial charge is 0.466 e. The number of hydrogen-bond donors (Lipinski definition) is 1. The van der Waals surface area contributed by atoms with Crippen LogP contribution in [0.2, 0.25) is 5.02 Å². The molecule has 6 nitrogen and oxygen atoms in total. The fourth-order valence-electron chi connectivity index (χ4n) is 3.74. The summed E-state index contributed by atoms with van der Waals surface area (Å²) in [4.78, 5) is 35.2. The standard InChI is InChI=1S/C21H22ClN3O3S/c1-2-28-21(27)13-6-8-25(9-7-13)11-17-23-19(26)18-16(12-29-20(18)24-17)14-4-3-5-15(22)10-14/h3-5,10,12-13H,2,6-9,11H2,1H3,(H,23,24,26). The normalized spacial score (nSPS) is 15.7. The van der Waals surface area contributed by atoms with Gasteiger partial charge in [-0.3, -0.25) is 14.5 Å². The molecule has 0 saturated carbocycles. The predicted molar refractivity (Wildman–Crippen MR) is 115 cm³/mol. The Morgan fingerprint density at radius 2 is 2.17 bits per heavy atom. The number of esters is 1. The highest BCUT2D eigenvalue weighted by atomic mass is 35.5. The number of hydrogen-bond acceptors (Lipinski definition) is 6. The van der Waals surface area contributed by atoms with Gasteiger partial charge in [-0.05, 0) is 50.6 Å². The van der Waals surface area contributed by atoms with Gasteiger partial charge in [-0.25, -0.2) is 4.98 Å². The van der Waals surface area contributed by atoms with E-state index < -0.39 is 0 Å². The van der Waals surface area contributed by atoms with E-state index in [1.807, 2.05) is 36.6 Å². The maximum Gasteiger partial charge on any atom is 0.309 e. The zero-order valence-electron chi connectivity index (χ0n) is 16.1. The van der Waals surface area contributed by atoms with Gasteiger partial charge in [0, 0.05) is 16.0 Å². The van der Waals surface area contributed by atoms with Gasteiger partial charge in [-0.2, -0.15) is 0 Å². The average Bonchev–Trinajstić information content (AvgIpc) is 3.13. The molecule has 1 saturated heterocycles. The number of piperidine rings is 1. The van der Waals surface area contributed by atoms with Gasteiger partial charge in [0.1, 0.15) is 10.7 Å². The summed E-state index contributed by atoms with van der Waals surface area (Å²) < 4.78 is 5.12. The third kappa shape index (κ3) is 4.37. The molecule has 152 valence electrons. The van der Waals surface area contributed by atoms with Crippen LogP contribution in [0.25, 0.3) is 21.3 Å². The maximum atomic E-state index is 12.8. The molecule has 0 spiro atoms. The summed E-state index contributed by atoms with van der Waals surface area (Å²) in [5.41, 5.74) is 1.62. The number of H-pyrrole nitrogens is 1. The second kappa shape index (κ2) is 8.65.